The van der Waals surface area contributed by atoms with Crippen LogP contribution in [0.3, 0.4) is 0 Å². The number of nitrogens with one attached hydrogen (secondary N) is 1. The fourth-order valence-corrected chi connectivity index (χ4v) is 2.72. The van der Waals surface area contributed by atoms with Gasteiger partial charge in [-0.15, -0.1) is 0 Å². The molecule has 0 aliphatic heterocycles. The van der Waals surface area contributed by atoms with Crippen molar-refractivity contribution >= 4 is 11.6 Å². The molecular formula is C16H21ClFN3. The van der Waals surface area contributed by atoms with Crippen molar-refractivity contribution in [1.29, 1.82) is 0 Å². The molecule has 3 nitrogen and oxygen atoms in total. The number of likely N-dealkylation sites (N-methyl/N-ethyl adjacent to an activating group) is 1. The lowest BCUT2D eigenvalue weighted by Crippen LogP contribution is -2.26. The van der Waals surface area contributed by atoms with Gasteiger partial charge in [0, 0.05) is 17.8 Å². The predicted octanol–water partition coefficient (Wildman–Crippen LogP) is 3.98. The van der Waals surface area contributed by atoms with Crippen LogP contribution in [0.25, 0.3) is 0 Å². The highest BCUT2D eigenvalue weighted by Gasteiger charge is 2.17. The normalized spacial score (nSPS) is 12.6. The number of hydrogen-bond donors (Lipinski definition) is 1. The van der Waals surface area contributed by atoms with Crippen LogP contribution in [0.5, 0.6) is 0 Å². The zero-order chi connectivity index (χ0) is 15.2. The third-order valence-corrected chi connectivity index (χ3v) is 3.78. The minimum Gasteiger partial charge on any atom is -0.309 e. The number of halogens is 2. The Morgan fingerprint density at radius 3 is 2.81 bits per heavy atom. The van der Waals surface area contributed by atoms with Crippen molar-refractivity contribution in [3.05, 3.63) is 52.6 Å². The number of aromatic nitrogens is 2. The summed E-state index contributed by atoms with van der Waals surface area (Å²) in [5.41, 5.74) is 2.08. The number of nitrogens with zero attached hydrogens (tertiary/aromatic N) is 2. The summed E-state index contributed by atoms with van der Waals surface area (Å²) in [7, 11) is 0. The van der Waals surface area contributed by atoms with Crippen LogP contribution >= 0.6 is 11.6 Å². The quantitative estimate of drug-likeness (QED) is 0.838. The molecular weight excluding hydrogens is 289 g/mol. The van der Waals surface area contributed by atoms with E-state index in [1.54, 1.807) is 6.07 Å². The number of aryl methyl sites for hydroxylation is 1. The van der Waals surface area contributed by atoms with E-state index in [2.05, 4.69) is 24.3 Å². The lowest BCUT2D eigenvalue weighted by molar-refractivity contribution is 0.478. The van der Waals surface area contributed by atoms with E-state index in [0.29, 0.717) is 11.4 Å². The standard InChI is InChI=1S/C16H21ClFN3/c1-3-9-21-16(7-8-20-21)15(19-4-2)10-12-5-6-13(18)11-14(12)17/h5-8,11,15,19H,3-4,9-10H2,1-2H3. The molecule has 0 radical (unpaired) electrons. The Hall–Kier alpha value is -1.39. The van der Waals surface area contributed by atoms with Gasteiger partial charge in [0.25, 0.3) is 0 Å². The van der Waals surface area contributed by atoms with Crippen LogP contribution in [0.2, 0.25) is 5.02 Å². The Balaban J connectivity index is 2.24. The van der Waals surface area contributed by atoms with E-state index in [9.17, 15) is 4.39 Å². The highest BCUT2D eigenvalue weighted by Crippen LogP contribution is 2.24. The smallest absolute Gasteiger partial charge is 0.124 e. The maximum absolute atomic E-state index is 13.2. The van der Waals surface area contributed by atoms with Gasteiger partial charge in [0.15, 0.2) is 0 Å². The molecule has 0 saturated heterocycles. The second kappa shape index (κ2) is 7.57. The molecule has 2 rings (SSSR count). The molecule has 1 heterocycles. The first-order valence-corrected chi connectivity index (χ1v) is 7.72. The molecule has 21 heavy (non-hydrogen) atoms. The van der Waals surface area contributed by atoms with Crippen LogP contribution < -0.4 is 5.32 Å². The summed E-state index contributed by atoms with van der Waals surface area (Å²) in [4.78, 5) is 0. The minimum absolute atomic E-state index is 0.118. The maximum Gasteiger partial charge on any atom is 0.124 e. The molecule has 0 aliphatic rings. The van der Waals surface area contributed by atoms with Crippen molar-refractivity contribution < 1.29 is 4.39 Å². The highest BCUT2D eigenvalue weighted by atomic mass is 35.5. The Morgan fingerprint density at radius 1 is 1.33 bits per heavy atom. The van der Waals surface area contributed by atoms with Crippen LogP contribution in [0.4, 0.5) is 4.39 Å². The van der Waals surface area contributed by atoms with Crippen LogP contribution in [0.15, 0.2) is 30.5 Å². The van der Waals surface area contributed by atoms with Crippen molar-refractivity contribution in [2.75, 3.05) is 6.54 Å². The molecule has 0 saturated carbocycles. The third-order valence-electron chi connectivity index (χ3n) is 3.43. The molecule has 1 unspecified atom stereocenters. The average molecular weight is 310 g/mol. The van der Waals surface area contributed by atoms with Gasteiger partial charge in [-0.05, 0) is 43.1 Å². The van der Waals surface area contributed by atoms with Crippen LogP contribution in [-0.4, -0.2) is 16.3 Å². The van der Waals surface area contributed by atoms with Gasteiger partial charge < -0.3 is 5.32 Å². The van der Waals surface area contributed by atoms with Crippen LogP contribution in [-0.2, 0) is 13.0 Å². The summed E-state index contributed by atoms with van der Waals surface area (Å²) < 4.78 is 15.2. The van der Waals surface area contributed by atoms with Gasteiger partial charge in [-0.2, -0.15) is 5.10 Å². The van der Waals surface area contributed by atoms with Gasteiger partial charge in [-0.25, -0.2) is 4.39 Å². The fourth-order valence-electron chi connectivity index (χ4n) is 2.47. The molecule has 1 N–H and O–H groups in total. The Bertz CT molecular complexity index is 583. The summed E-state index contributed by atoms with van der Waals surface area (Å²) in [6, 6.07) is 6.71. The van der Waals surface area contributed by atoms with Gasteiger partial charge in [-0.3, -0.25) is 4.68 Å². The zero-order valence-electron chi connectivity index (χ0n) is 12.4. The average Bonchev–Trinajstić information content (AvgIpc) is 2.90. The predicted molar refractivity (Wildman–Crippen MR) is 84.0 cm³/mol. The van der Waals surface area contributed by atoms with Gasteiger partial charge in [0.05, 0.1) is 11.7 Å². The van der Waals surface area contributed by atoms with E-state index in [1.807, 2.05) is 16.9 Å². The van der Waals surface area contributed by atoms with Gasteiger partial charge in [0.1, 0.15) is 5.82 Å². The number of hydrogen-bond acceptors (Lipinski definition) is 2. The van der Waals surface area contributed by atoms with Crippen molar-refractivity contribution in [3.8, 4) is 0 Å². The van der Waals surface area contributed by atoms with Crippen LogP contribution in [0.1, 0.15) is 37.6 Å². The van der Waals surface area contributed by atoms with Crippen molar-refractivity contribution in [2.24, 2.45) is 0 Å². The maximum atomic E-state index is 13.2. The summed E-state index contributed by atoms with van der Waals surface area (Å²) in [6.07, 6.45) is 3.56. The third kappa shape index (κ3) is 4.05. The Labute approximate surface area is 130 Å². The van der Waals surface area contributed by atoms with Gasteiger partial charge in [-0.1, -0.05) is 31.5 Å². The monoisotopic (exact) mass is 309 g/mol. The minimum atomic E-state index is -0.306. The number of rotatable bonds is 7. The second-order valence-electron chi connectivity index (χ2n) is 5.03. The number of benzene rings is 1. The van der Waals surface area contributed by atoms with E-state index in [1.165, 1.54) is 12.1 Å². The molecule has 5 heteroatoms. The first-order valence-electron chi connectivity index (χ1n) is 7.34. The molecule has 0 amide bonds. The lowest BCUT2D eigenvalue weighted by atomic mass is 10.0. The van der Waals surface area contributed by atoms with E-state index in [4.69, 9.17) is 11.6 Å². The molecule has 0 fully saturated rings. The SMILES string of the molecule is CCCn1nccc1C(Cc1ccc(F)cc1Cl)NCC. The fraction of sp³-hybridized carbons (Fsp3) is 0.438. The first-order chi connectivity index (χ1) is 10.2. The summed E-state index contributed by atoms with van der Waals surface area (Å²) in [5, 5.41) is 8.30. The molecule has 1 aromatic heterocycles. The van der Waals surface area contributed by atoms with Gasteiger partial charge >= 0.3 is 0 Å². The van der Waals surface area contributed by atoms with E-state index < -0.39 is 0 Å². The molecule has 114 valence electrons. The molecule has 0 aliphatic carbocycles. The lowest BCUT2D eigenvalue weighted by Gasteiger charge is -2.20. The first kappa shape index (κ1) is 16.0. The Kier molecular flexibility index (Phi) is 5.76. The van der Waals surface area contributed by atoms with Crippen molar-refractivity contribution in [3.63, 3.8) is 0 Å². The summed E-state index contributed by atoms with van der Waals surface area (Å²) in [5.74, 6) is -0.306. The topological polar surface area (TPSA) is 29.9 Å². The second-order valence-corrected chi connectivity index (χ2v) is 5.44. The largest absolute Gasteiger partial charge is 0.309 e. The Morgan fingerprint density at radius 2 is 2.14 bits per heavy atom. The van der Waals surface area contributed by atoms with Gasteiger partial charge in [0.2, 0.25) is 0 Å². The molecule has 0 spiro atoms. The van der Waals surface area contributed by atoms with Crippen molar-refractivity contribution in [2.45, 2.75) is 39.3 Å². The van der Waals surface area contributed by atoms with E-state index in [-0.39, 0.29) is 11.9 Å². The summed E-state index contributed by atoms with van der Waals surface area (Å²) >= 11 is 6.15. The van der Waals surface area contributed by atoms with E-state index in [0.717, 1.165) is 30.8 Å². The summed E-state index contributed by atoms with van der Waals surface area (Å²) in [6.45, 7) is 5.94. The molecule has 1 atom stereocenters. The molecule has 0 bridgehead atoms. The van der Waals surface area contributed by atoms with Crippen LogP contribution in [0, 0.1) is 5.82 Å². The highest BCUT2D eigenvalue weighted by molar-refractivity contribution is 6.31. The molecule has 2 aromatic rings. The van der Waals surface area contributed by atoms with Crippen molar-refractivity contribution in [1.82, 2.24) is 15.1 Å². The zero-order valence-corrected chi connectivity index (χ0v) is 13.2. The van der Waals surface area contributed by atoms with E-state index >= 15 is 0 Å². The molecule has 1 aromatic carbocycles.